The Morgan fingerprint density at radius 3 is 1.56 bits per heavy atom. The van der Waals surface area contributed by atoms with E-state index in [4.69, 9.17) is 35.5 Å². The minimum atomic E-state index is -1.17. The Hall–Kier alpha value is -4.12. The second-order valence-electron chi connectivity index (χ2n) is 17.8. The van der Waals surface area contributed by atoms with Crippen LogP contribution in [0.5, 0.6) is 0 Å². The van der Waals surface area contributed by atoms with E-state index in [1.165, 1.54) is 51.9 Å². The second kappa shape index (κ2) is 46.0. The van der Waals surface area contributed by atoms with Gasteiger partial charge in [0.25, 0.3) is 0 Å². The molecule has 0 saturated heterocycles. The summed E-state index contributed by atoms with van der Waals surface area (Å²) >= 11 is 0. The van der Waals surface area contributed by atoms with Crippen LogP contribution in [-0.4, -0.2) is 160 Å². The van der Waals surface area contributed by atoms with Gasteiger partial charge in [-0.05, 0) is 58.4 Å². The number of amides is 4. The summed E-state index contributed by atoms with van der Waals surface area (Å²) in [5.41, 5.74) is 10.9. The zero-order valence-electron chi connectivity index (χ0n) is 42.2. The van der Waals surface area contributed by atoms with Gasteiger partial charge < -0.3 is 61.7 Å². The maximum absolute atomic E-state index is 12.6. The summed E-state index contributed by atoms with van der Waals surface area (Å²) in [5, 5.41) is 38.6. The number of hydrogen-bond acceptors (Lipinski definition) is 15. The third kappa shape index (κ3) is 41.6. The van der Waals surface area contributed by atoms with E-state index in [0.29, 0.717) is 58.2 Å². The first-order valence-corrected chi connectivity index (χ1v) is 25.7. The molecule has 0 radical (unpaired) electrons. The molecule has 4 atom stereocenters. The number of carboxylic acids is 2. The number of nitrogens with two attached hydrogens (primary N) is 2. The molecule has 0 unspecified atom stereocenters. The molecule has 11 N–H and O–H groups in total. The van der Waals surface area contributed by atoms with Crippen LogP contribution in [0.2, 0.25) is 0 Å². The number of nitrogens with one attached hydrogen (secondary N) is 4. The van der Waals surface area contributed by atoms with Gasteiger partial charge in [0.2, 0.25) is 23.6 Å². The molecule has 0 bridgehead atoms. The van der Waals surface area contributed by atoms with E-state index in [0.717, 1.165) is 38.5 Å². The molecule has 0 aliphatic rings. The van der Waals surface area contributed by atoms with E-state index >= 15 is 0 Å². The molecule has 0 aliphatic carbocycles. The Labute approximate surface area is 415 Å². The molecule has 21 heteroatoms. The Balaban J connectivity index is 3.76. The molecule has 0 fully saturated rings. The molecule has 0 aromatic heterocycles. The maximum atomic E-state index is 12.6. The lowest BCUT2D eigenvalue weighted by Crippen LogP contribution is -2.50. The van der Waals surface area contributed by atoms with Crippen LogP contribution in [0.4, 0.5) is 0 Å². The van der Waals surface area contributed by atoms with E-state index < -0.39 is 36.0 Å². The monoisotopic (exact) mass is 1000 g/mol. The van der Waals surface area contributed by atoms with Gasteiger partial charge in [0.05, 0.1) is 45.7 Å². The predicted octanol–water partition coefficient (Wildman–Crippen LogP) is 2.84. The minimum absolute atomic E-state index is 0.0235. The van der Waals surface area contributed by atoms with Crippen molar-refractivity contribution >= 4 is 47.1 Å². The zero-order valence-corrected chi connectivity index (χ0v) is 42.2. The lowest BCUT2D eigenvalue weighted by atomic mass is 9.93. The number of carboxylic acid groups (broad SMARTS) is 2. The van der Waals surface area contributed by atoms with Crippen molar-refractivity contribution < 1.29 is 72.6 Å². The first-order chi connectivity index (χ1) is 33.7. The number of unbranched alkanes of at least 4 members (excludes halogenated alkanes) is 14. The van der Waals surface area contributed by atoms with E-state index in [9.17, 15) is 48.6 Å². The molecule has 0 heterocycles. The summed E-state index contributed by atoms with van der Waals surface area (Å²) in [7, 11) is 0. The topological polar surface area (TPSA) is 334 Å². The molecule has 0 spiro atoms. The highest BCUT2D eigenvalue weighted by Crippen LogP contribution is 2.15. The average molecular weight is 1000 g/mol. The number of aliphatic hydroxyl groups is 1. The molecular weight excluding hydrogens is 913 g/mol. The molecule has 0 aromatic rings. The van der Waals surface area contributed by atoms with Gasteiger partial charge in [-0.3, -0.25) is 38.9 Å². The van der Waals surface area contributed by atoms with Crippen LogP contribution in [0.1, 0.15) is 161 Å². The number of ether oxygens (including phenoxy) is 4. The Bertz CT molecular complexity index is 1440. The van der Waals surface area contributed by atoms with Crippen molar-refractivity contribution in [1.29, 1.82) is 0 Å². The fraction of sp³-hybridized carbons (Fsp3) is 0.837. The Kier molecular flexibility index (Phi) is 43.3. The lowest BCUT2D eigenvalue weighted by molar-refractivity contribution is -0.142. The van der Waals surface area contributed by atoms with Crippen molar-refractivity contribution in [3.05, 3.63) is 0 Å². The molecule has 406 valence electrons. The number of rotatable bonds is 52. The Morgan fingerprint density at radius 1 is 0.529 bits per heavy atom. The molecule has 21 nitrogen and oxygen atoms in total. The Morgan fingerprint density at radius 2 is 1.04 bits per heavy atom. The third-order valence-electron chi connectivity index (χ3n) is 11.5. The van der Waals surface area contributed by atoms with Crippen LogP contribution < -0.4 is 32.7 Å². The van der Waals surface area contributed by atoms with E-state index in [-0.39, 0.29) is 127 Å². The lowest BCUT2D eigenvalue weighted by Gasteiger charge is -2.20. The highest BCUT2D eigenvalue weighted by Gasteiger charge is 2.24. The van der Waals surface area contributed by atoms with E-state index in [1.807, 2.05) is 0 Å². The SMILES string of the molecule is C[C@@H](O)[C@H](NCC(=O)[C@@H](CCN)CCCCNC(=O)COCCOCCNC(=O)COCCOCCCC(=O)CC[C@H](NC(=O)CCCCCCCCCCCCCCCCC(=O)O)C(=O)O)C(N)=O. The number of carbonyl (C=O) groups excluding carboxylic acids is 6. The smallest absolute Gasteiger partial charge is 0.326 e. The maximum Gasteiger partial charge on any atom is 0.326 e. The molecule has 70 heavy (non-hydrogen) atoms. The van der Waals surface area contributed by atoms with Gasteiger partial charge in [0.15, 0.2) is 0 Å². The number of primary amides is 1. The number of carbonyl (C=O) groups is 8. The number of hydrogen-bond donors (Lipinski definition) is 9. The van der Waals surface area contributed by atoms with Crippen molar-refractivity contribution in [3.63, 3.8) is 0 Å². The van der Waals surface area contributed by atoms with Gasteiger partial charge in [-0.1, -0.05) is 83.5 Å². The van der Waals surface area contributed by atoms with Gasteiger partial charge in [0, 0.05) is 51.3 Å². The van der Waals surface area contributed by atoms with Crippen molar-refractivity contribution in [2.75, 3.05) is 79.0 Å². The highest BCUT2D eigenvalue weighted by molar-refractivity contribution is 5.86. The van der Waals surface area contributed by atoms with Gasteiger partial charge >= 0.3 is 11.9 Å². The molecular formula is C49H90N6O15. The fourth-order valence-electron chi connectivity index (χ4n) is 7.42. The fourth-order valence-corrected chi connectivity index (χ4v) is 7.42. The van der Waals surface area contributed by atoms with Crippen LogP contribution in [0.3, 0.4) is 0 Å². The van der Waals surface area contributed by atoms with Crippen LogP contribution >= 0.6 is 0 Å². The van der Waals surface area contributed by atoms with Gasteiger partial charge in [-0.2, -0.15) is 0 Å². The van der Waals surface area contributed by atoms with Crippen LogP contribution in [0, 0.1) is 5.92 Å². The number of aliphatic hydroxyl groups excluding tert-OH is 1. The van der Waals surface area contributed by atoms with E-state index in [1.54, 1.807) is 0 Å². The minimum Gasteiger partial charge on any atom is -0.481 e. The standard InChI is InChI=1S/C49H90N6O15/c1-38(56)47(48(51)64)54-35-42(58)39(25-26-50)19-16-17-27-52-44(60)36-70-34-32-68-30-28-53-45(61)37-69-33-31-67-29-18-20-40(57)23-24-41(49(65)66)55-43(59)21-14-12-10-8-6-4-2-3-5-7-9-11-13-15-22-46(62)63/h38-39,41,47,54,56H,2-37,50H2,1H3,(H2,51,64)(H,52,60)(H,53,61)(H,55,59)(H,62,63)(H,65,66)/t38-,39-,41+,47+/m1/s1. The molecule has 4 amide bonds. The zero-order chi connectivity index (χ0) is 52.0. The normalized spacial score (nSPS) is 13.0. The van der Waals surface area contributed by atoms with Gasteiger partial charge in [0.1, 0.15) is 36.9 Å². The molecule has 0 aliphatic heterocycles. The van der Waals surface area contributed by atoms with Gasteiger partial charge in [-0.25, -0.2) is 4.79 Å². The average Bonchev–Trinajstić information content (AvgIpc) is 3.30. The summed E-state index contributed by atoms with van der Waals surface area (Å²) in [5.74, 6) is -4.12. The number of aliphatic carboxylic acids is 2. The van der Waals surface area contributed by atoms with Crippen molar-refractivity contribution in [3.8, 4) is 0 Å². The van der Waals surface area contributed by atoms with Crippen molar-refractivity contribution in [1.82, 2.24) is 21.3 Å². The largest absolute Gasteiger partial charge is 0.481 e. The predicted molar refractivity (Wildman–Crippen MR) is 263 cm³/mol. The van der Waals surface area contributed by atoms with E-state index in [2.05, 4.69) is 21.3 Å². The summed E-state index contributed by atoms with van der Waals surface area (Å²) in [6, 6.07) is -2.14. The van der Waals surface area contributed by atoms with Crippen LogP contribution in [0.15, 0.2) is 0 Å². The van der Waals surface area contributed by atoms with Crippen LogP contribution in [-0.2, 0) is 57.3 Å². The summed E-state index contributed by atoms with van der Waals surface area (Å²) < 4.78 is 21.5. The van der Waals surface area contributed by atoms with Crippen LogP contribution in [0.25, 0.3) is 0 Å². The molecule has 0 saturated carbocycles. The number of ketones is 2. The van der Waals surface area contributed by atoms with Crippen molar-refractivity contribution in [2.45, 2.75) is 179 Å². The first kappa shape index (κ1) is 65.9. The summed E-state index contributed by atoms with van der Waals surface area (Å²) in [4.78, 5) is 95.1. The molecule has 0 rings (SSSR count). The first-order valence-electron chi connectivity index (χ1n) is 25.7. The quantitative estimate of drug-likeness (QED) is 0.0396. The second-order valence-corrected chi connectivity index (χ2v) is 17.8. The summed E-state index contributed by atoms with van der Waals surface area (Å²) in [6.07, 6.45) is 17.6. The third-order valence-corrected chi connectivity index (χ3v) is 11.5. The highest BCUT2D eigenvalue weighted by atomic mass is 16.5. The molecule has 0 aromatic carbocycles. The van der Waals surface area contributed by atoms with Gasteiger partial charge in [-0.15, -0.1) is 0 Å². The van der Waals surface area contributed by atoms with Crippen molar-refractivity contribution in [2.24, 2.45) is 17.4 Å². The number of Topliss-reactive ketones (excluding diaryl/α,β-unsaturated/α-hetero) is 2. The summed E-state index contributed by atoms with van der Waals surface area (Å²) in [6.45, 7) is 3.30.